The van der Waals surface area contributed by atoms with Crippen molar-refractivity contribution in [3.05, 3.63) is 18.0 Å². The summed E-state index contributed by atoms with van der Waals surface area (Å²) in [6.45, 7) is 0.523. The Balaban J connectivity index is 2.07. The molecule has 0 saturated carbocycles. The van der Waals surface area contributed by atoms with Crippen LogP contribution in [0.2, 0.25) is 0 Å². The number of amides is 1. The van der Waals surface area contributed by atoms with Gasteiger partial charge in [0.15, 0.2) is 0 Å². The normalized spacial score (nSPS) is 21.2. The predicted octanol–water partition coefficient (Wildman–Crippen LogP) is 0.0896. The fraction of sp³-hybridized carbons (Fsp3) is 0.556. The summed E-state index contributed by atoms with van der Waals surface area (Å²) < 4.78 is 23.9. The first kappa shape index (κ1) is 12.4. The topological polar surface area (TPSA) is 72.3 Å². The first-order valence-electron chi connectivity index (χ1n) is 5.05. The first-order chi connectivity index (χ1) is 7.86. The smallest absolute Gasteiger partial charge is 0.237 e. The van der Waals surface area contributed by atoms with Crippen molar-refractivity contribution in [3.63, 3.8) is 0 Å². The number of nitrogens with zero attached hydrogens (tertiary/aromatic N) is 3. The molecule has 0 radical (unpaired) electrons. The number of hydrogen-bond acceptors (Lipinski definition) is 4. The second kappa shape index (κ2) is 4.30. The Morgan fingerprint density at radius 1 is 1.59 bits per heavy atom. The number of carbonyl (C=O) groups excluding carboxylic acids is 1. The van der Waals surface area contributed by atoms with Crippen LogP contribution in [0.4, 0.5) is 0 Å². The molecule has 0 N–H and O–H groups in total. The zero-order chi connectivity index (χ0) is 12.6. The summed E-state index contributed by atoms with van der Waals surface area (Å²) in [7, 11) is 3.37. The molecule has 1 atom stereocenters. The summed E-state index contributed by atoms with van der Waals surface area (Å²) in [5.41, 5.74) is 0.869. The molecule has 0 aromatic carbocycles. The van der Waals surface area contributed by atoms with Gasteiger partial charge in [-0.3, -0.25) is 9.48 Å². The van der Waals surface area contributed by atoms with Crippen molar-refractivity contribution in [2.45, 2.75) is 18.2 Å². The molecule has 1 fully saturated rings. The zero-order valence-electron chi connectivity index (χ0n) is 9.21. The van der Waals surface area contributed by atoms with Gasteiger partial charge < -0.3 is 4.90 Å². The van der Waals surface area contributed by atoms with Crippen LogP contribution in [0.3, 0.4) is 0 Å². The molecule has 17 heavy (non-hydrogen) atoms. The molecule has 1 unspecified atom stereocenters. The van der Waals surface area contributed by atoms with E-state index in [1.165, 1.54) is 4.90 Å². The Bertz CT molecular complexity index is 539. The van der Waals surface area contributed by atoms with Gasteiger partial charge in [-0.1, -0.05) is 0 Å². The van der Waals surface area contributed by atoms with E-state index in [0.29, 0.717) is 6.54 Å². The molecule has 0 spiro atoms. The van der Waals surface area contributed by atoms with Crippen molar-refractivity contribution in [1.29, 1.82) is 0 Å². The fourth-order valence-electron chi connectivity index (χ4n) is 1.85. The lowest BCUT2D eigenvalue weighted by Gasteiger charge is -2.14. The highest BCUT2D eigenvalue weighted by molar-refractivity contribution is 8.14. The lowest BCUT2D eigenvalue weighted by Crippen LogP contribution is -2.26. The van der Waals surface area contributed by atoms with Gasteiger partial charge in [-0.25, -0.2) is 8.42 Å². The summed E-state index contributed by atoms with van der Waals surface area (Å²) >= 11 is 0. The SMILES string of the molecule is Cn1cc(CN2CC(S(=O)(=O)Cl)CC2=O)cn1. The number of carbonyl (C=O) groups is 1. The summed E-state index contributed by atoms with van der Waals surface area (Å²) in [5.74, 6) is -0.192. The van der Waals surface area contributed by atoms with E-state index in [-0.39, 0.29) is 18.9 Å². The van der Waals surface area contributed by atoms with Crippen LogP contribution >= 0.6 is 10.7 Å². The average Bonchev–Trinajstić information content (AvgIpc) is 2.74. The molecule has 2 rings (SSSR count). The Kier molecular flexibility index (Phi) is 3.13. The summed E-state index contributed by atoms with van der Waals surface area (Å²) in [5, 5.41) is 3.19. The van der Waals surface area contributed by atoms with Crippen LogP contribution in [0.15, 0.2) is 12.4 Å². The number of hydrogen-bond donors (Lipinski definition) is 0. The highest BCUT2D eigenvalue weighted by Crippen LogP contribution is 2.22. The summed E-state index contributed by atoms with van der Waals surface area (Å²) in [4.78, 5) is 13.1. The highest BCUT2D eigenvalue weighted by Gasteiger charge is 2.37. The van der Waals surface area contributed by atoms with Gasteiger partial charge >= 0.3 is 0 Å². The molecule has 2 heterocycles. The van der Waals surface area contributed by atoms with Gasteiger partial charge in [-0.05, 0) is 0 Å². The van der Waals surface area contributed by atoms with Crippen LogP contribution in [-0.2, 0) is 27.4 Å². The molecule has 1 aromatic rings. The maximum absolute atomic E-state index is 11.6. The van der Waals surface area contributed by atoms with Gasteiger partial charge in [0.25, 0.3) is 0 Å². The van der Waals surface area contributed by atoms with Gasteiger partial charge in [0.1, 0.15) is 5.25 Å². The van der Waals surface area contributed by atoms with Crippen LogP contribution in [0.25, 0.3) is 0 Å². The van der Waals surface area contributed by atoms with Gasteiger partial charge in [-0.15, -0.1) is 0 Å². The number of rotatable bonds is 3. The monoisotopic (exact) mass is 277 g/mol. The van der Waals surface area contributed by atoms with Gasteiger partial charge in [0, 0.05) is 49.0 Å². The van der Waals surface area contributed by atoms with Gasteiger partial charge in [-0.2, -0.15) is 5.10 Å². The van der Waals surface area contributed by atoms with Crippen LogP contribution in [0.1, 0.15) is 12.0 Å². The minimum absolute atomic E-state index is 0.0356. The van der Waals surface area contributed by atoms with Crippen LogP contribution in [0.5, 0.6) is 0 Å². The quantitative estimate of drug-likeness (QED) is 0.734. The zero-order valence-corrected chi connectivity index (χ0v) is 10.8. The molecule has 8 heteroatoms. The van der Waals surface area contributed by atoms with Crippen LogP contribution in [-0.4, -0.2) is 40.8 Å². The van der Waals surface area contributed by atoms with Crippen LogP contribution in [0, 0.1) is 0 Å². The van der Waals surface area contributed by atoms with E-state index in [0.717, 1.165) is 5.56 Å². The third-order valence-corrected chi connectivity index (χ3v) is 4.58. The standard InChI is InChI=1S/C9H12ClN3O3S/c1-12-4-7(3-11-12)5-13-6-8(2-9(13)14)17(10,15)16/h3-4,8H,2,5-6H2,1H3. The maximum Gasteiger partial charge on any atom is 0.237 e. The van der Waals surface area contributed by atoms with Crippen molar-refractivity contribution >= 4 is 25.6 Å². The Morgan fingerprint density at radius 3 is 2.76 bits per heavy atom. The number of likely N-dealkylation sites (tertiary alicyclic amines) is 1. The molecule has 6 nitrogen and oxygen atoms in total. The molecule has 1 aromatic heterocycles. The molecule has 1 amide bonds. The Hall–Kier alpha value is -1.08. The molecular weight excluding hydrogens is 266 g/mol. The lowest BCUT2D eigenvalue weighted by molar-refractivity contribution is -0.128. The lowest BCUT2D eigenvalue weighted by atomic mass is 10.3. The van der Waals surface area contributed by atoms with E-state index in [1.54, 1.807) is 24.1 Å². The fourth-order valence-corrected chi connectivity index (χ4v) is 2.91. The molecule has 1 saturated heterocycles. The number of aryl methyl sites for hydroxylation is 1. The molecule has 94 valence electrons. The van der Waals surface area contributed by atoms with Crippen LogP contribution < -0.4 is 0 Å². The van der Waals surface area contributed by atoms with Crippen molar-refractivity contribution < 1.29 is 13.2 Å². The van der Waals surface area contributed by atoms with Crippen molar-refractivity contribution in [3.8, 4) is 0 Å². The van der Waals surface area contributed by atoms with Crippen molar-refractivity contribution in [2.75, 3.05) is 6.54 Å². The minimum atomic E-state index is -3.67. The molecule has 0 bridgehead atoms. The van der Waals surface area contributed by atoms with E-state index in [2.05, 4.69) is 5.10 Å². The third-order valence-electron chi connectivity index (χ3n) is 2.71. The second-order valence-corrected chi connectivity index (χ2v) is 7.01. The van der Waals surface area contributed by atoms with E-state index in [4.69, 9.17) is 10.7 Å². The van der Waals surface area contributed by atoms with E-state index in [1.807, 2.05) is 0 Å². The number of aromatic nitrogens is 2. The highest BCUT2D eigenvalue weighted by atomic mass is 35.7. The maximum atomic E-state index is 11.6. The molecular formula is C9H12ClN3O3S. The average molecular weight is 278 g/mol. The Morgan fingerprint density at radius 2 is 2.29 bits per heavy atom. The minimum Gasteiger partial charge on any atom is -0.337 e. The predicted molar refractivity (Wildman–Crippen MR) is 61.8 cm³/mol. The van der Waals surface area contributed by atoms with Gasteiger partial charge in [0.05, 0.1) is 6.20 Å². The largest absolute Gasteiger partial charge is 0.337 e. The Labute approximate surface area is 104 Å². The van der Waals surface area contributed by atoms with Gasteiger partial charge in [0.2, 0.25) is 15.0 Å². The van der Waals surface area contributed by atoms with E-state index in [9.17, 15) is 13.2 Å². The molecule has 1 aliphatic rings. The van der Waals surface area contributed by atoms with E-state index < -0.39 is 14.3 Å². The molecule has 0 aliphatic carbocycles. The van der Waals surface area contributed by atoms with Crippen molar-refractivity contribution in [2.24, 2.45) is 7.05 Å². The van der Waals surface area contributed by atoms with E-state index >= 15 is 0 Å². The molecule has 1 aliphatic heterocycles. The van der Waals surface area contributed by atoms with Crippen molar-refractivity contribution in [1.82, 2.24) is 14.7 Å². The number of halogens is 1. The third kappa shape index (κ3) is 2.78. The summed E-state index contributed by atoms with van der Waals surface area (Å²) in [6, 6.07) is 0. The first-order valence-corrected chi connectivity index (χ1v) is 7.42. The summed E-state index contributed by atoms with van der Waals surface area (Å²) in [6.07, 6.45) is 3.40. The second-order valence-electron chi connectivity index (χ2n) is 4.10.